The molecule has 0 bridgehead atoms. The molecule has 0 aliphatic heterocycles. The van der Waals surface area contributed by atoms with Gasteiger partial charge in [-0.25, -0.2) is 8.42 Å². The Morgan fingerprint density at radius 3 is 2.50 bits per heavy atom. The highest BCUT2D eigenvalue weighted by Gasteiger charge is 2.52. The highest BCUT2D eigenvalue weighted by molar-refractivity contribution is 7.93. The molecule has 0 amide bonds. The summed E-state index contributed by atoms with van der Waals surface area (Å²) in [6, 6.07) is 0. The maximum Gasteiger partial charge on any atom is 0.346 e. The van der Waals surface area contributed by atoms with Crippen molar-refractivity contribution in [2.45, 2.75) is 89.6 Å². The molecule has 5 heteroatoms. The predicted octanol–water partition coefficient (Wildman–Crippen LogP) is 5.74. The summed E-state index contributed by atoms with van der Waals surface area (Å²) in [5.41, 5.74) is 1.42. The van der Waals surface area contributed by atoms with Crippen LogP contribution in [0.4, 0.5) is 8.78 Å². The highest BCUT2D eigenvalue weighted by atomic mass is 32.2. The van der Waals surface area contributed by atoms with Gasteiger partial charge in [-0.1, -0.05) is 38.3 Å². The fraction of sp³-hybridized carbons (Fsp3) is 0.895. The van der Waals surface area contributed by atoms with Crippen molar-refractivity contribution in [1.29, 1.82) is 0 Å². The number of fused-ring (bicyclic) bond motifs is 1. The standard InChI is InChI=1S/C19H32F2O2S/c1-14(11-13-19(20,21)24(22,23)17(2,3)4)16-10-9-15-8-6-7-12-18(15,16)5/h10,14-15H,6-9,11-13H2,1-5H3/t14-,15-,18+/m1/s1. The number of alkyl halides is 2. The van der Waals surface area contributed by atoms with Gasteiger partial charge in [0.2, 0.25) is 9.84 Å². The van der Waals surface area contributed by atoms with Crippen LogP contribution in [0.3, 0.4) is 0 Å². The van der Waals surface area contributed by atoms with Crippen LogP contribution in [0.5, 0.6) is 0 Å². The average molecular weight is 363 g/mol. The summed E-state index contributed by atoms with van der Waals surface area (Å²) in [7, 11) is -4.49. The Morgan fingerprint density at radius 2 is 1.92 bits per heavy atom. The number of hydrogen-bond donors (Lipinski definition) is 0. The minimum Gasteiger partial charge on any atom is -0.222 e. The van der Waals surface area contributed by atoms with Crippen LogP contribution in [-0.4, -0.2) is 18.4 Å². The van der Waals surface area contributed by atoms with Crippen molar-refractivity contribution in [2.24, 2.45) is 17.3 Å². The summed E-state index contributed by atoms with van der Waals surface area (Å²) < 4.78 is 51.6. The maximum absolute atomic E-state index is 14.4. The van der Waals surface area contributed by atoms with Crippen molar-refractivity contribution in [3.05, 3.63) is 11.6 Å². The van der Waals surface area contributed by atoms with E-state index in [1.165, 1.54) is 45.6 Å². The first-order chi connectivity index (χ1) is 10.8. The van der Waals surface area contributed by atoms with Crippen LogP contribution < -0.4 is 0 Å². The zero-order valence-corrected chi connectivity index (χ0v) is 16.5. The summed E-state index contributed by atoms with van der Waals surface area (Å²) in [5, 5.41) is -3.66. The van der Waals surface area contributed by atoms with Crippen LogP contribution in [0.2, 0.25) is 0 Å². The molecule has 0 unspecified atom stereocenters. The Labute approximate surface area is 146 Å². The zero-order chi connectivity index (χ0) is 18.4. The molecule has 1 fully saturated rings. The highest BCUT2D eigenvalue weighted by Crippen LogP contribution is 2.55. The van der Waals surface area contributed by atoms with E-state index in [-0.39, 0.29) is 17.8 Å². The number of hydrogen-bond acceptors (Lipinski definition) is 2. The van der Waals surface area contributed by atoms with E-state index < -0.39 is 26.3 Å². The molecular weight excluding hydrogens is 330 g/mol. The van der Waals surface area contributed by atoms with Gasteiger partial charge in [0.05, 0.1) is 4.75 Å². The van der Waals surface area contributed by atoms with Gasteiger partial charge in [0.15, 0.2) is 0 Å². The molecule has 2 aliphatic carbocycles. The van der Waals surface area contributed by atoms with Crippen molar-refractivity contribution in [3.63, 3.8) is 0 Å². The molecule has 140 valence electrons. The topological polar surface area (TPSA) is 34.1 Å². The van der Waals surface area contributed by atoms with Gasteiger partial charge in [-0.15, -0.1) is 0 Å². The van der Waals surface area contributed by atoms with E-state index in [2.05, 4.69) is 13.0 Å². The monoisotopic (exact) mass is 362 g/mol. The molecular formula is C19H32F2O2S. The summed E-state index contributed by atoms with van der Waals surface area (Å²) >= 11 is 0. The third-order valence-corrected chi connectivity index (χ3v) is 8.88. The Morgan fingerprint density at radius 1 is 1.29 bits per heavy atom. The Hall–Kier alpha value is -0.450. The molecule has 0 aromatic heterocycles. The van der Waals surface area contributed by atoms with Crippen LogP contribution >= 0.6 is 0 Å². The molecule has 0 N–H and O–H groups in total. The van der Waals surface area contributed by atoms with E-state index in [1.807, 2.05) is 6.92 Å². The molecule has 2 rings (SSSR count). The average Bonchev–Trinajstić information content (AvgIpc) is 2.80. The normalized spacial score (nSPS) is 30.0. The quantitative estimate of drug-likeness (QED) is 0.585. The number of rotatable bonds is 5. The summed E-state index contributed by atoms with van der Waals surface area (Å²) in [6.07, 6.45) is 7.73. The van der Waals surface area contributed by atoms with Crippen LogP contribution in [0.25, 0.3) is 0 Å². The van der Waals surface area contributed by atoms with Crippen LogP contribution in [0, 0.1) is 17.3 Å². The first kappa shape index (κ1) is 19.9. The number of allylic oxidation sites excluding steroid dienone is 2. The van der Waals surface area contributed by atoms with Crippen molar-refractivity contribution in [1.82, 2.24) is 0 Å². The second kappa shape index (κ2) is 6.37. The van der Waals surface area contributed by atoms with Gasteiger partial charge < -0.3 is 0 Å². The lowest BCUT2D eigenvalue weighted by atomic mass is 9.64. The molecule has 0 radical (unpaired) electrons. The zero-order valence-electron chi connectivity index (χ0n) is 15.7. The third-order valence-electron chi connectivity index (χ3n) is 6.28. The van der Waals surface area contributed by atoms with Crippen molar-refractivity contribution in [2.75, 3.05) is 0 Å². The van der Waals surface area contributed by atoms with E-state index in [1.54, 1.807) is 0 Å². The first-order valence-corrected chi connectivity index (χ1v) is 10.6. The minimum atomic E-state index is -4.49. The largest absolute Gasteiger partial charge is 0.346 e. The van der Waals surface area contributed by atoms with E-state index in [9.17, 15) is 17.2 Å². The molecule has 0 saturated heterocycles. The number of halogens is 2. The first-order valence-electron chi connectivity index (χ1n) is 9.15. The third kappa shape index (κ3) is 3.30. The molecule has 0 spiro atoms. The van der Waals surface area contributed by atoms with Gasteiger partial charge in [-0.2, -0.15) is 8.78 Å². The van der Waals surface area contributed by atoms with E-state index in [4.69, 9.17) is 0 Å². The van der Waals surface area contributed by atoms with Gasteiger partial charge >= 0.3 is 5.25 Å². The van der Waals surface area contributed by atoms with E-state index in [0.29, 0.717) is 5.92 Å². The smallest absolute Gasteiger partial charge is 0.222 e. The van der Waals surface area contributed by atoms with Crippen LogP contribution in [-0.2, 0) is 9.84 Å². The maximum atomic E-state index is 14.4. The van der Waals surface area contributed by atoms with E-state index in [0.717, 1.165) is 12.8 Å². The molecule has 0 aromatic carbocycles. The van der Waals surface area contributed by atoms with Gasteiger partial charge in [0.1, 0.15) is 0 Å². The fourth-order valence-corrected chi connectivity index (χ4v) is 5.83. The van der Waals surface area contributed by atoms with Gasteiger partial charge in [0.25, 0.3) is 0 Å². The van der Waals surface area contributed by atoms with Gasteiger partial charge in [-0.3, -0.25) is 0 Å². The van der Waals surface area contributed by atoms with Crippen molar-refractivity contribution in [3.8, 4) is 0 Å². The van der Waals surface area contributed by atoms with Crippen LogP contribution in [0.1, 0.15) is 79.6 Å². The molecule has 2 nitrogen and oxygen atoms in total. The summed E-state index contributed by atoms with van der Waals surface area (Å²) in [5.74, 6) is 0.654. The molecule has 0 heterocycles. The van der Waals surface area contributed by atoms with Crippen molar-refractivity contribution >= 4 is 9.84 Å². The second-order valence-electron chi connectivity index (χ2n) is 8.95. The Kier molecular flexibility index (Phi) is 5.27. The fourth-order valence-electron chi connectivity index (χ4n) is 4.55. The lowest BCUT2D eigenvalue weighted by Crippen LogP contribution is -2.42. The minimum absolute atomic E-state index is 0.0131. The molecule has 1 saturated carbocycles. The Balaban J connectivity index is 2.07. The molecule has 3 atom stereocenters. The summed E-state index contributed by atoms with van der Waals surface area (Å²) in [6.45, 7) is 8.27. The SMILES string of the molecule is C[C@H](CCC(F)(F)S(=O)(=O)C(C)(C)C)C1=CC[C@H]2CCCC[C@]12C. The number of sulfone groups is 1. The second-order valence-corrected chi connectivity index (χ2v) is 11.8. The lowest BCUT2D eigenvalue weighted by Gasteiger charge is -2.41. The molecule has 24 heavy (non-hydrogen) atoms. The lowest BCUT2D eigenvalue weighted by molar-refractivity contribution is 0.0717. The van der Waals surface area contributed by atoms with E-state index >= 15 is 0 Å². The van der Waals surface area contributed by atoms with Crippen LogP contribution in [0.15, 0.2) is 11.6 Å². The predicted molar refractivity (Wildman–Crippen MR) is 94.8 cm³/mol. The van der Waals surface area contributed by atoms with Gasteiger partial charge in [-0.05, 0) is 63.7 Å². The molecule has 0 aromatic rings. The van der Waals surface area contributed by atoms with Crippen molar-refractivity contribution < 1.29 is 17.2 Å². The summed E-state index contributed by atoms with van der Waals surface area (Å²) in [4.78, 5) is 0. The molecule has 2 aliphatic rings. The Bertz CT molecular complexity index is 601. The van der Waals surface area contributed by atoms with Gasteiger partial charge in [0, 0.05) is 6.42 Å².